The van der Waals surface area contributed by atoms with Crippen LogP contribution in [0, 0.1) is 0 Å². The number of fused-ring (bicyclic) bond motifs is 4. The lowest BCUT2D eigenvalue weighted by Gasteiger charge is -2.33. The fraction of sp³-hybridized carbons (Fsp3) is 0.0222. The number of benzene rings is 5. The van der Waals surface area contributed by atoms with Crippen LogP contribution in [0.2, 0.25) is 0 Å². The van der Waals surface area contributed by atoms with Gasteiger partial charge in [0.15, 0.2) is 11.5 Å². The Labute approximate surface area is 310 Å². The Bertz CT molecular complexity index is 2430. The molecule has 2 aliphatic rings. The van der Waals surface area contributed by atoms with E-state index in [0.29, 0.717) is 5.76 Å². The molecular weight excluding hydrogens is 677 g/mol. The summed E-state index contributed by atoms with van der Waals surface area (Å²) >= 11 is 3.37. The van der Waals surface area contributed by atoms with Crippen molar-refractivity contribution in [3.8, 4) is 26.9 Å². The van der Waals surface area contributed by atoms with Crippen molar-refractivity contribution in [1.29, 1.82) is 0 Å². The number of nitrogens with zero attached hydrogens (tertiary/aromatic N) is 4. The number of hydrogen-bond donors (Lipinski definition) is 0. The summed E-state index contributed by atoms with van der Waals surface area (Å²) in [6, 6.07) is 37.9. The maximum absolute atomic E-state index is 6.10. The summed E-state index contributed by atoms with van der Waals surface area (Å²) in [6.07, 6.45) is 8.24. The molecule has 7 heteroatoms. The van der Waals surface area contributed by atoms with E-state index in [4.69, 9.17) is 14.7 Å². The van der Waals surface area contributed by atoms with Crippen LogP contribution in [0.25, 0.3) is 41.6 Å². The molecule has 0 N–H and O–H groups in total. The first kappa shape index (κ1) is 31.7. The van der Waals surface area contributed by atoms with E-state index >= 15 is 0 Å². The van der Waals surface area contributed by atoms with Crippen LogP contribution < -0.4 is 14.5 Å². The van der Waals surface area contributed by atoms with Crippen molar-refractivity contribution in [2.75, 3.05) is 9.80 Å². The molecule has 0 radical (unpaired) electrons. The summed E-state index contributed by atoms with van der Waals surface area (Å²) in [7, 11) is 0. The highest BCUT2D eigenvalue weighted by molar-refractivity contribution is 7.23. The third kappa shape index (κ3) is 5.21. The Hall–Kier alpha value is -6.28. The van der Waals surface area contributed by atoms with Crippen molar-refractivity contribution in [1.82, 2.24) is 9.97 Å². The Morgan fingerprint density at radius 3 is 1.67 bits per heavy atom. The van der Waals surface area contributed by atoms with Crippen molar-refractivity contribution >= 4 is 65.9 Å². The number of allylic oxidation sites excluding steroid dienone is 5. The molecule has 0 bridgehead atoms. The SMILES string of the molecule is C=CC1=C(C=C)N(c2ccc(-c3nc4cc5sc(-c6ccc(N7C(C=C)=C(C=C)Oc8ccccc87)cc6)nc5cc4s3)cc2)c2ccccc2C1. The van der Waals surface area contributed by atoms with Gasteiger partial charge in [-0.1, -0.05) is 62.7 Å². The molecule has 0 aliphatic carbocycles. The molecule has 0 amide bonds. The quantitative estimate of drug-likeness (QED) is 0.157. The molecule has 0 saturated carbocycles. The molecule has 7 aromatic rings. The Morgan fingerprint density at radius 1 is 0.577 bits per heavy atom. The molecule has 52 heavy (non-hydrogen) atoms. The number of aromatic nitrogens is 2. The number of rotatable bonds is 8. The summed E-state index contributed by atoms with van der Waals surface area (Å²) in [6.45, 7) is 16.2. The average Bonchev–Trinajstić information content (AvgIpc) is 3.81. The van der Waals surface area contributed by atoms with Crippen LogP contribution in [0.5, 0.6) is 5.75 Å². The summed E-state index contributed by atoms with van der Waals surface area (Å²) < 4.78 is 8.33. The van der Waals surface area contributed by atoms with Crippen LogP contribution in [-0.2, 0) is 6.42 Å². The van der Waals surface area contributed by atoms with Crippen molar-refractivity contribution in [3.63, 3.8) is 0 Å². The predicted molar refractivity (Wildman–Crippen MR) is 220 cm³/mol. The second kappa shape index (κ2) is 12.8. The third-order valence-electron chi connectivity index (χ3n) is 9.46. The van der Waals surface area contributed by atoms with E-state index in [9.17, 15) is 0 Å². The molecular formula is C45H32N4OS2. The molecule has 0 unspecified atom stereocenters. The standard InChI is InChI=1S/C45H32N4OS2/c1-5-28-25-31-13-9-10-14-38(31)48(36(28)6-2)32-21-17-29(18-22-32)44-46-34-26-43-35(27-42(34)51-44)47-45(52-43)30-19-23-33(24-20-30)49-37(7-3)40(8-4)50-41-16-12-11-15-39(41)49/h5-24,26-27H,1-4,25H2. The zero-order valence-electron chi connectivity index (χ0n) is 28.3. The second-order valence-electron chi connectivity index (χ2n) is 12.4. The highest BCUT2D eigenvalue weighted by atomic mass is 32.1. The number of hydrogen-bond acceptors (Lipinski definition) is 7. The van der Waals surface area contributed by atoms with Gasteiger partial charge in [-0.2, -0.15) is 0 Å². The molecule has 2 aliphatic heterocycles. The second-order valence-corrected chi connectivity index (χ2v) is 14.5. The van der Waals surface area contributed by atoms with Crippen LogP contribution >= 0.6 is 22.7 Å². The van der Waals surface area contributed by atoms with Crippen molar-refractivity contribution in [2.45, 2.75) is 6.42 Å². The van der Waals surface area contributed by atoms with E-state index in [1.165, 1.54) is 16.8 Å². The van der Waals surface area contributed by atoms with Gasteiger partial charge < -0.3 is 14.5 Å². The minimum atomic E-state index is 0.670. The summed E-state index contributed by atoms with van der Waals surface area (Å²) in [4.78, 5) is 14.5. The lowest BCUT2D eigenvalue weighted by atomic mass is 9.95. The van der Waals surface area contributed by atoms with Crippen molar-refractivity contribution < 1.29 is 4.74 Å². The van der Waals surface area contributed by atoms with E-state index in [0.717, 1.165) is 82.2 Å². The smallest absolute Gasteiger partial charge is 0.151 e. The minimum Gasteiger partial charge on any atom is -0.453 e. The van der Waals surface area contributed by atoms with Crippen LogP contribution in [0.3, 0.4) is 0 Å². The third-order valence-corrected chi connectivity index (χ3v) is 11.6. The zero-order valence-corrected chi connectivity index (χ0v) is 29.9. The first-order chi connectivity index (χ1) is 25.6. The van der Waals surface area contributed by atoms with Crippen LogP contribution in [-0.4, -0.2) is 9.97 Å². The number of anilines is 4. The molecule has 2 aromatic heterocycles. The molecule has 9 rings (SSSR count). The van der Waals surface area contributed by atoms with Gasteiger partial charge in [0, 0.05) is 40.3 Å². The van der Waals surface area contributed by atoms with Gasteiger partial charge in [-0.3, -0.25) is 0 Å². The topological polar surface area (TPSA) is 41.5 Å². The highest BCUT2D eigenvalue weighted by Gasteiger charge is 2.26. The Morgan fingerprint density at radius 2 is 1.12 bits per heavy atom. The largest absolute Gasteiger partial charge is 0.453 e. The van der Waals surface area contributed by atoms with Crippen molar-refractivity contribution in [2.24, 2.45) is 0 Å². The fourth-order valence-corrected chi connectivity index (χ4v) is 8.95. The van der Waals surface area contributed by atoms with Crippen LogP contribution in [0.4, 0.5) is 22.7 Å². The van der Waals surface area contributed by atoms with Crippen molar-refractivity contribution in [3.05, 3.63) is 188 Å². The highest BCUT2D eigenvalue weighted by Crippen LogP contribution is 2.44. The molecule has 5 nitrogen and oxygen atoms in total. The molecule has 250 valence electrons. The van der Waals surface area contributed by atoms with Gasteiger partial charge in [0.2, 0.25) is 0 Å². The van der Waals surface area contributed by atoms with Crippen LogP contribution in [0.1, 0.15) is 5.56 Å². The maximum atomic E-state index is 6.10. The van der Waals surface area contributed by atoms with Crippen LogP contribution in [0.15, 0.2) is 183 Å². The first-order valence-corrected chi connectivity index (χ1v) is 18.5. The normalized spacial score (nSPS) is 13.9. The van der Waals surface area contributed by atoms with Gasteiger partial charge in [-0.25, -0.2) is 9.97 Å². The summed E-state index contributed by atoms with van der Waals surface area (Å²) in [5.74, 6) is 1.45. The predicted octanol–water partition coefficient (Wildman–Crippen LogP) is 12.7. The number of thiazole rings is 2. The lowest BCUT2D eigenvalue weighted by Crippen LogP contribution is -2.22. The van der Waals surface area contributed by atoms with Gasteiger partial charge in [0.25, 0.3) is 0 Å². The molecule has 5 aromatic carbocycles. The van der Waals surface area contributed by atoms with E-state index in [1.807, 2.05) is 36.4 Å². The zero-order chi connectivity index (χ0) is 35.3. The Kier molecular flexibility index (Phi) is 7.80. The average molecular weight is 709 g/mol. The molecule has 0 atom stereocenters. The van der Waals surface area contributed by atoms with E-state index < -0.39 is 0 Å². The summed E-state index contributed by atoms with van der Waals surface area (Å²) in [5.41, 5.74) is 12.6. The first-order valence-electron chi connectivity index (χ1n) is 16.9. The Balaban J connectivity index is 1.000. The van der Waals surface area contributed by atoms with Gasteiger partial charge in [0.05, 0.1) is 31.8 Å². The minimum absolute atomic E-state index is 0.670. The fourth-order valence-electron chi connectivity index (χ4n) is 6.98. The van der Waals surface area contributed by atoms with Gasteiger partial charge in [-0.15, -0.1) is 22.7 Å². The van der Waals surface area contributed by atoms with Gasteiger partial charge in [-0.05, 0) is 108 Å². The van der Waals surface area contributed by atoms with Gasteiger partial charge in [0.1, 0.15) is 10.0 Å². The molecule has 4 heterocycles. The molecule has 0 saturated heterocycles. The van der Waals surface area contributed by atoms with E-state index in [1.54, 1.807) is 34.8 Å². The molecule has 0 spiro atoms. The van der Waals surface area contributed by atoms with E-state index in [-0.39, 0.29) is 0 Å². The lowest BCUT2D eigenvalue weighted by molar-refractivity contribution is 0.431. The van der Waals surface area contributed by atoms with E-state index in [2.05, 4.69) is 121 Å². The molecule has 0 fully saturated rings. The number of para-hydroxylation sites is 3. The maximum Gasteiger partial charge on any atom is 0.151 e. The van der Waals surface area contributed by atoms with Gasteiger partial charge >= 0.3 is 0 Å². The summed E-state index contributed by atoms with van der Waals surface area (Å²) in [5, 5.41) is 1.95. The number of ether oxygens (including phenoxy) is 1. The monoisotopic (exact) mass is 708 g/mol.